The van der Waals surface area contributed by atoms with Crippen LogP contribution in [0.25, 0.3) is 0 Å². The van der Waals surface area contributed by atoms with Crippen LogP contribution < -0.4 is 0 Å². The van der Waals surface area contributed by atoms with Gasteiger partial charge in [-0.25, -0.2) is 8.42 Å². The number of aliphatic carboxylic acids is 1. The molecule has 2 rings (SSSR count). The molecule has 0 spiro atoms. The minimum atomic E-state index is -3.81. The zero-order valence-electron chi connectivity index (χ0n) is 12.1. The van der Waals surface area contributed by atoms with Crippen molar-refractivity contribution in [3.8, 4) is 0 Å². The van der Waals surface area contributed by atoms with Crippen molar-refractivity contribution < 1.29 is 27.9 Å². The molecule has 0 radical (unpaired) electrons. The molecule has 1 aliphatic carbocycles. The highest BCUT2D eigenvalue weighted by atomic mass is 32.2. The van der Waals surface area contributed by atoms with Gasteiger partial charge in [0.2, 0.25) is 10.0 Å². The molecule has 0 bridgehead atoms. The number of carboxylic acid groups (broad SMARTS) is 1. The molecule has 1 aliphatic heterocycles. The molecule has 2 aliphatic rings. The van der Waals surface area contributed by atoms with Crippen LogP contribution in [-0.4, -0.2) is 53.7 Å². The first-order valence-corrected chi connectivity index (χ1v) is 8.68. The largest absolute Gasteiger partial charge is 0.480 e. The van der Waals surface area contributed by atoms with E-state index in [1.165, 1.54) is 0 Å². The van der Waals surface area contributed by atoms with Gasteiger partial charge in [0.25, 0.3) is 0 Å². The Kier molecular flexibility index (Phi) is 4.57. The monoisotopic (exact) mass is 319 g/mol. The first-order chi connectivity index (χ1) is 9.84. The van der Waals surface area contributed by atoms with E-state index in [9.17, 15) is 23.1 Å². The van der Waals surface area contributed by atoms with E-state index in [4.69, 9.17) is 4.74 Å². The second-order valence-corrected chi connectivity index (χ2v) is 7.92. The fraction of sp³-hybridized carbons (Fsp3) is 0.846. The summed E-state index contributed by atoms with van der Waals surface area (Å²) in [6.45, 7) is 2.08. The van der Waals surface area contributed by atoms with Crippen LogP contribution in [0.5, 0.6) is 0 Å². The van der Waals surface area contributed by atoms with Crippen LogP contribution in [0.2, 0.25) is 0 Å². The van der Waals surface area contributed by atoms with Crippen LogP contribution >= 0.6 is 0 Å². The molecule has 1 heterocycles. The van der Waals surface area contributed by atoms with E-state index in [2.05, 4.69) is 0 Å². The summed E-state index contributed by atoms with van der Waals surface area (Å²) in [5.41, 5.74) is 0. The number of piperidine rings is 1. The summed E-state index contributed by atoms with van der Waals surface area (Å²) in [4.78, 5) is 22.9. The SMILES string of the molecule is CCOC(=O)CC1(S(=O)(=O)N2CCCCC2C(=O)O)CC1. The number of carboxylic acids is 1. The number of rotatable bonds is 6. The van der Waals surface area contributed by atoms with Gasteiger partial charge in [0.15, 0.2) is 0 Å². The Bertz CT molecular complexity index is 525. The lowest BCUT2D eigenvalue weighted by molar-refractivity contribution is -0.143. The lowest BCUT2D eigenvalue weighted by Crippen LogP contribution is -2.52. The molecule has 1 atom stereocenters. The smallest absolute Gasteiger partial charge is 0.322 e. The Hall–Kier alpha value is -1.15. The predicted octanol–water partition coefficient (Wildman–Crippen LogP) is 0.741. The third-order valence-corrected chi connectivity index (χ3v) is 6.88. The number of carbonyl (C=O) groups excluding carboxylic acids is 1. The fourth-order valence-electron chi connectivity index (χ4n) is 2.83. The molecule has 21 heavy (non-hydrogen) atoms. The van der Waals surface area contributed by atoms with Gasteiger partial charge < -0.3 is 9.84 Å². The number of carbonyl (C=O) groups is 2. The Balaban J connectivity index is 2.20. The lowest BCUT2D eigenvalue weighted by Gasteiger charge is -2.34. The van der Waals surface area contributed by atoms with Gasteiger partial charge in [0.1, 0.15) is 6.04 Å². The van der Waals surface area contributed by atoms with Gasteiger partial charge in [-0.15, -0.1) is 0 Å². The van der Waals surface area contributed by atoms with E-state index in [1.807, 2.05) is 0 Å². The molecule has 7 nitrogen and oxygen atoms in total. The molecule has 0 aromatic heterocycles. The minimum absolute atomic E-state index is 0.188. The molecular formula is C13H21NO6S. The summed E-state index contributed by atoms with van der Waals surface area (Å²) in [6.07, 6.45) is 2.26. The molecule has 1 N–H and O–H groups in total. The molecule has 1 saturated carbocycles. The molecule has 120 valence electrons. The zero-order chi connectivity index (χ0) is 15.7. The Morgan fingerprint density at radius 3 is 2.52 bits per heavy atom. The highest BCUT2D eigenvalue weighted by Gasteiger charge is 2.59. The van der Waals surface area contributed by atoms with Crippen molar-refractivity contribution in [2.45, 2.75) is 56.2 Å². The van der Waals surface area contributed by atoms with Crippen LogP contribution in [0.4, 0.5) is 0 Å². The Morgan fingerprint density at radius 2 is 2.00 bits per heavy atom. The van der Waals surface area contributed by atoms with Crippen molar-refractivity contribution in [2.75, 3.05) is 13.2 Å². The highest BCUT2D eigenvalue weighted by Crippen LogP contribution is 2.49. The van der Waals surface area contributed by atoms with E-state index in [1.54, 1.807) is 6.92 Å². The number of sulfonamides is 1. The molecule has 1 unspecified atom stereocenters. The third-order valence-electron chi connectivity index (χ3n) is 4.17. The van der Waals surface area contributed by atoms with Gasteiger partial charge in [-0.2, -0.15) is 4.31 Å². The number of ether oxygens (including phenoxy) is 1. The van der Waals surface area contributed by atoms with Crippen LogP contribution in [0.1, 0.15) is 45.4 Å². The fourth-order valence-corrected chi connectivity index (χ4v) is 5.14. The number of hydrogen-bond acceptors (Lipinski definition) is 5. The summed E-state index contributed by atoms with van der Waals surface area (Å²) >= 11 is 0. The Morgan fingerprint density at radius 1 is 1.33 bits per heavy atom. The second kappa shape index (κ2) is 5.92. The third kappa shape index (κ3) is 3.06. The van der Waals surface area contributed by atoms with E-state index in [-0.39, 0.29) is 19.6 Å². The lowest BCUT2D eigenvalue weighted by atomic mass is 10.1. The van der Waals surface area contributed by atoms with Gasteiger partial charge in [0, 0.05) is 6.54 Å². The summed E-state index contributed by atoms with van der Waals surface area (Å²) in [7, 11) is -3.81. The summed E-state index contributed by atoms with van der Waals surface area (Å²) in [5, 5.41) is 9.23. The van der Waals surface area contributed by atoms with Crippen molar-refractivity contribution in [2.24, 2.45) is 0 Å². The van der Waals surface area contributed by atoms with Crippen LogP contribution in [0.15, 0.2) is 0 Å². The van der Waals surface area contributed by atoms with Crippen molar-refractivity contribution in [3.05, 3.63) is 0 Å². The average molecular weight is 319 g/mol. The molecule has 2 fully saturated rings. The van der Waals surface area contributed by atoms with Crippen molar-refractivity contribution in [1.29, 1.82) is 0 Å². The van der Waals surface area contributed by atoms with Crippen LogP contribution in [0, 0.1) is 0 Å². The number of esters is 1. The average Bonchev–Trinajstić information content (AvgIpc) is 3.20. The van der Waals surface area contributed by atoms with Gasteiger partial charge in [0.05, 0.1) is 17.8 Å². The number of hydrogen-bond donors (Lipinski definition) is 1. The van der Waals surface area contributed by atoms with E-state index in [0.717, 1.165) is 4.31 Å². The van der Waals surface area contributed by atoms with Crippen LogP contribution in [0.3, 0.4) is 0 Å². The topological polar surface area (TPSA) is 101 Å². The maximum absolute atomic E-state index is 12.8. The molecular weight excluding hydrogens is 298 g/mol. The highest BCUT2D eigenvalue weighted by molar-refractivity contribution is 7.90. The molecule has 1 saturated heterocycles. The van der Waals surface area contributed by atoms with Gasteiger partial charge in [-0.1, -0.05) is 0 Å². The Labute approximate surface area is 124 Å². The maximum atomic E-state index is 12.8. The van der Waals surface area contributed by atoms with E-state index >= 15 is 0 Å². The van der Waals surface area contributed by atoms with Crippen LogP contribution in [-0.2, 0) is 24.3 Å². The normalized spacial score (nSPS) is 25.3. The van der Waals surface area contributed by atoms with Gasteiger partial charge in [-0.05, 0) is 39.0 Å². The first-order valence-electron chi connectivity index (χ1n) is 7.24. The minimum Gasteiger partial charge on any atom is -0.480 e. The maximum Gasteiger partial charge on any atom is 0.322 e. The van der Waals surface area contributed by atoms with E-state index < -0.39 is 32.8 Å². The predicted molar refractivity (Wildman–Crippen MR) is 74.1 cm³/mol. The molecule has 8 heteroatoms. The summed E-state index contributed by atoms with van der Waals surface area (Å²) in [6, 6.07) is -1.01. The molecule has 0 aromatic carbocycles. The zero-order valence-corrected chi connectivity index (χ0v) is 12.9. The summed E-state index contributed by atoms with van der Waals surface area (Å²) < 4.78 is 30.3. The standard InChI is InChI=1S/C13H21NO6S/c1-2-20-11(15)9-13(6-7-13)21(18,19)14-8-4-3-5-10(14)12(16)17/h10H,2-9H2,1H3,(H,16,17). The molecule has 0 aromatic rings. The van der Waals surface area contributed by atoms with E-state index in [0.29, 0.717) is 32.1 Å². The van der Waals surface area contributed by atoms with Gasteiger partial charge >= 0.3 is 11.9 Å². The summed E-state index contributed by atoms with van der Waals surface area (Å²) in [5.74, 6) is -1.66. The second-order valence-electron chi connectivity index (χ2n) is 5.63. The van der Waals surface area contributed by atoms with Gasteiger partial charge in [-0.3, -0.25) is 9.59 Å². The van der Waals surface area contributed by atoms with Crippen molar-refractivity contribution >= 4 is 22.0 Å². The number of nitrogens with zero attached hydrogens (tertiary/aromatic N) is 1. The van der Waals surface area contributed by atoms with Crippen molar-refractivity contribution in [3.63, 3.8) is 0 Å². The van der Waals surface area contributed by atoms with Crippen molar-refractivity contribution in [1.82, 2.24) is 4.31 Å². The quantitative estimate of drug-likeness (QED) is 0.725. The molecule has 0 amide bonds. The first kappa shape index (κ1) is 16.2.